The van der Waals surface area contributed by atoms with Crippen LogP contribution in [-0.4, -0.2) is 10.9 Å². The lowest BCUT2D eigenvalue weighted by Gasteiger charge is -1.99. The standard InChI is InChI=1S/C11H10ClN/c12-6-5-11-7-9-3-1-2-4-10(9)8-13-11/h1-4,7-8H,5-6H2. The Bertz CT molecular complexity index is 412. The number of benzene rings is 1. The van der Waals surface area contributed by atoms with Gasteiger partial charge in [0, 0.05) is 29.6 Å². The highest BCUT2D eigenvalue weighted by molar-refractivity contribution is 6.17. The molecule has 0 spiro atoms. The molecule has 2 aromatic rings. The Morgan fingerprint density at radius 2 is 1.92 bits per heavy atom. The van der Waals surface area contributed by atoms with Crippen LogP contribution in [0.4, 0.5) is 0 Å². The smallest absolute Gasteiger partial charge is 0.0421 e. The molecule has 1 aromatic heterocycles. The zero-order valence-electron chi connectivity index (χ0n) is 7.20. The van der Waals surface area contributed by atoms with Gasteiger partial charge in [-0.25, -0.2) is 0 Å². The molecule has 66 valence electrons. The van der Waals surface area contributed by atoms with Crippen molar-refractivity contribution >= 4 is 22.4 Å². The van der Waals surface area contributed by atoms with Gasteiger partial charge in [-0.3, -0.25) is 4.98 Å². The first-order valence-corrected chi connectivity index (χ1v) is 4.83. The van der Waals surface area contributed by atoms with Crippen LogP contribution >= 0.6 is 11.6 Å². The zero-order valence-corrected chi connectivity index (χ0v) is 7.96. The Kier molecular flexibility index (Phi) is 2.46. The second kappa shape index (κ2) is 3.75. The van der Waals surface area contributed by atoms with Gasteiger partial charge in [0.1, 0.15) is 0 Å². The third kappa shape index (κ3) is 1.81. The molecule has 2 heteroatoms. The number of nitrogens with zero attached hydrogens (tertiary/aromatic N) is 1. The van der Waals surface area contributed by atoms with E-state index in [1.54, 1.807) is 0 Å². The summed E-state index contributed by atoms with van der Waals surface area (Å²) in [5, 5.41) is 2.42. The molecule has 0 aliphatic carbocycles. The van der Waals surface area contributed by atoms with Crippen molar-refractivity contribution < 1.29 is 0 Å². The molecule has 0 fully saturated rings. The molecular weight excluding hydrogens is 182 g/mol. The number of alkyl halides is 1. The SMILES string of the molecule is ClCCc1cc2ccccc2cn1. The molecule has 1 aromatic carbocycles. The highest BCUT2D eigenvalue weighted by atomic mass is 35.5. The topological polar surface area (TPSA) is 12.9 Å². The van der Waals surface area contributed by atoms with Gasteiger partial charge >= 0.3 is 0 Å². The molecule has 0 bridgehead atoms. The second-order valence-electron chi connectivity index (χ2n) is 2.96. The highest BCUT2D eigenvalue weighted by Crippen LogP contribution is 2.13. The maximum Gasteiger partial charge on any atom is 0.0421 e. The quantitative estimate of drug-likeness (QED) is 0.665. The first-order valence-electron chi connectivity index (χ1n) is 4.30. The first kappa shape index (κ1) is 8.52. The van der Waals surface area contributed by atoms with Crippen molar-refractivity contribution in [1.82, 2.24) is 4.98 Å². The van der Waals surface area contributed by atoms with Crippen molar-refractivity contribution in [3.05, 3.63) is 42.2 Å². The summed E-state index contributed by atoms with van der Waals surface area (Å²) >= 11 is 5.65. The fraction of sp³-hybridized carbons (Fsp3) is 0.182. The van der Waals surface area contributed by atoms with Gasteiger partial charge in [-0.2, -0.15) is 0 Å². The number of hydrogen-bond acceptors (Lipinski definition) is 1. The van der Waals surface area contributed by atoms with Crippen molar-refractivity contribution in [2.24, 2.45) is 0 Å². The van der Waals surface area contributed by atoms with E-state index in [1.165, 1.54) is 10.8 Å². The van der Waals surface area contributed by atoms with Gasteiger partial charge < -0.3 is 0 Å². The normalized spacial score (nSPS) is 10.5. The third-order valence-electron chi connectivity index (χ3n) is 2.04. The Morgan fingerprint density at radius 3 is 2.69 bits per heavy atom. The summed E-state index contributed by atoms with van der Waals surface area (Å²) in [5.41, 5.74) is 1.06. The van der Waals surface area contributed by atoms with Crippen LogP contribution in [0.15, 0.2) is 36.5 Å². The molecule has 13 heavy (non-hydrogen) atoms. The minimum atomic E-state index is 0.630. The molecule has 0 aliphatic heterocycles. The molecule has 1 nitrogen and oxygen atoms in total. The van der Waals surface area contributed by atoms with Gasteiger partial charge in [-0.15, -0.1) is 11.6 Å². The summed E-state index contributed by atoms with van der Waals surface area (Å²) in [7, 11) is 0. The van der Waals surface area contributed by atoms with Crippen molar-refractivity contribution in [3.63, 3.8) is 0 Å². The predicted molar refractivity (Wildman–Crippen MR) is 56.2 cm³/mol. The van der Waals surface area contributed by atoms with Crippen LogP contribution in [0.1, 0.15) is 5.69 Å². The number of pyridine rings is 1. The molecule has 0 saturated heterocycles. The Morgan fingerprint density at radius 1 is 1.15 bits per heavy atom. The predicted octanol–water partition coefficient (Wildman–Crippen LogP) is 3.02. The highest BCUT2D eigenvalue weighted by Gasteiger charge is 1.95. The van der Waals surface area contributed by atoms with Crippen LogP contribution in [0.3, 0.4) is 0 Å². The number of hydrogen-bond donors (Lipinski definition) is 0. The van der Waals surface area contributed by atoms with Gasteiger partial charge in [0.25, 0.3) is 0 Å². The molecular formula is C11H10ClN. The molecule has 0 saturated carbocycles. The Balaban J connectivity index is 2.49. The molecule has 0 radical (unpaired) electrons. The molecule has 0 unspecified atom stereocenters. The fourth-order valence-electron chi connectivity index (χ4n) is 1.36. The minimum absolute atomic E-state index is 0.630. The number of aromatic nitrogens is 1. The average molecular weight is 192 g/mol. The maximum absolute atomic E-state index is 5.65. The summed E-state index contributed by atoms with van der Waals surface area (Å²) < 4.78 is 0. The van der Waals surface area contributed by atoms with Crippen LogP contribution in [0.5, 0.6) is 0 Å². The van der Waals surface area contributed by atoms with E-state index < -0.39 is 0 Å². The van der Waals surface area contributed by atoms with Crippen LogP contribution in [0.2, 0.25) is 0 Å². The molecule has 0 aliphatic rings. The van der Waals surface area contributed by atoms with E-state index >= 15 is 0 Å². The summed E-state index contributed by atoms with van der Waals surface area (Å²) in [6.07, 6.45) is 2.74. The van der Waals surface area contributed by atoms with E-state index in [9.17, 15) is 0 Å². The number of aryl methyl sites for hydroxylation is 1. The van der Waals surface area contributed by atoms with Crippen molar-refractivity contribution in [2.75, 3.05) is 5.88 Å². The van der Waals surface area contributed by atoms with E-state index in [0.29, 0.717) is 5.88 Å². The molecule has 2 rings (SSSR count). The maximum atomic E-state index is 5.65. The van der Waals surface area contributed by atoms with E-state index in [1.807, 2.05) is 18.3 Å². The Labute approximate surface area is 82.4 Å². The molecule has 0 N–H and O–H groups in total. The summed E-state index contributed by atoms with van der Waals surface area (Å²) in [5.74, 6) is 0.630. The van der Waals surface area contributed by atoms with Gasteiger partial charge in [0.15, 0.2) is 0 Å². The average Bonchev–Trinajstić information content (AvgIpc) is 2.18. The van der Waals surface area contributed by atoms with Crippen molar-refractivity contribution in [3.8, 4) is 0 Å². The van der Waals surface area contributed by atoms with Gasteiger partial charge in [-0.1, -0.05) is 24.3 Å². The Hall–Kier alpha value is -1.08. The van der Waals surface area contributed by atoms with E-state index in [2.05, 4.69) is 23.2 Å². The van der Waals surface area contributed by atoms with Gasteiger partial charge in [0.2, 0.25) is 0 Å². The van der Waals surface area contributed by atoms with Crippen LogP contribution in [0.25, 0.3) is 10.8 Å². The van der Waals surface area contributed by atoms with Gasteiger partial charge in [0.05, 0.1) is 0 Å². The number of rotatable bonds is 2. The number of halogens is 1. The monoisotopic (exact) mass is 191 g/mol. The molecule has 0 atom stereocenters. The summed E-state index contributed by atoms with van der Waals surface area (Å²) in [6, 6.07) is 10.3. The van der Waals surface area contributed by atoms with Crippen LogP contribution in [-0.2, 0) is 6.42 Å². The second-order valence-corrected chi connectivity index (χ2v) is 3.34. The van der Waals surface area contributed by atoms with Crippen molar-refractivity contribution in [2.45, 2.75) is 6.42 Å². The lowest BCUT2D eigenvalue weighted by Crippen LogP contribution is -1.90. The minimum Gasteiger partial charge on any atom is -0.261 e. The lowest BCUT2D eigenvalue weighted by molar-refractivity contribution is 1.05. The van der Waals surface area contributed by atoms with E-state index in [0.717, 1.165) is 12.1 Å². The van der Waals surface area contributed by atoms with Crippen LogP contribution in [0, 0.1) is 0 Å². The van der Waals surface area contributed by atoms with E-state index in [-0.39, 0.29) is 0 Å². The molecule has 0 amide bonds. The zero-order chi connectivity index (χ0) is 9.10. The van der Waals surface area contributed by atoms with Crippen LogP contribution < -0.4 is 0 Å². The fourth-order valence-corrected chi connectivity index (χ4v) is 1.56. The van der Waals surface area contributed by atoms with Crippen molar-refractivity contribution in [1.29, 1.82) is 0 Å². The van der Waals surface area contributed by atoms with E-state index in [4.69, 9.17) is 11.6 Å². The molecule has 1 heterocycles. The number of fused-ring (bicyclic) bond motifs is 1. The third-order valence-corrected chi connectivity index (χ3v) is 2.23. The lowest BCUT2D eigenvalue weighted by atomic mass is 10.1. The first-order chi connectivity index (χ1) is 6.40. The van der Waals surface area contributed by atoms with Gasteiger partial charge in [-0.05, 0) is 11.5 Å². The summed E-state index contributed by atoms with van der Waals surface area (Å²) in [6.45, 7) is 0. The largest absolute Gasteiger partial charge is 0.261 e. The summed E-state index contributed by atoms with van der Waals surface area (Å²) in [4.78, 5) is 4.31.